The summed E-state index contributed by atoms with van der Waals surface area (Å²) in [5, 5.41) is 0. The highest BCUT2D eigenvalue weighted by molar-refractivity contribution is 6.00. The van der Waals surface area contributed by atoms with E-state index in [4.69, 9.17) is 14.2 Å². The van der Waals surface area contributed by atoms with Gasteiger partial charge in [-0.15, -0.1) is 0 Å². The summed E-state index contributed by atoms with van der Waals surface area (Å²) in [6, 6.07) is 2.67. The number of fused-ring (bicyclic) bond motifs is 1. The lowest BCUT2D eigenvalue weighted by Crippen LogP contribution is -2.36. The van der Waals surface area contributed by atoms with E-state index in [-0.39, 0.29) is 24.7 Å². The lowest BCUT2D eigenvalue weighted by molar-refractivity contribution is -0.164. The molecular formula is C18H21FO7. The number of carbonyl (C=O) groups is 3. The lowest BCUT2D eigenvalue weighted by atomic mass is 9.94. The Labute approximate surface area is 150 Å². The molecule has 0 spiro atoms. The number of hydrogen-bond donors (Lipinski definition) is 0. The third kappa shape index (κ3) is 5.18. The number of ether oxygens (including phenoxy) is 4. The zero-order valence-electron chi connectivity index (χ0n) is 15.1. The highest BCUT2D eigenvalue weighted by Gasteiger charge is 2.33. The first-order valence-electron chi connectivity index (χ1n) is 8.04. The fourth-order valence-corrected chi connectivity index (χ4v) is 2.35. The van der Waals surface area contributed by atoms with Crippen molar-refractivity contribution in [3.8, 4) is 11.5 Å². The van der Waals surface area contributed by atoms with Crippen molar-refractivity contribution < 1.29 is 37.7 Å². The normalized spacial score (nSPS) is 13.9. The smallest absolute Gasteiger partial charge is 0.317 e. The molecule has 0 bridgehead atoms. The molecule has 0 fully saturated rings. The van der Waals surface area contributed by atoms with Gasteiger partial charge in [-0.25, -0.2) is 4.39 Å². The Morgan fingerprint density at radius 2 is 1.92 bits per heavy atom. The van der Waals surface area contributed by atoms with E-state index in [2.05, 4.69) is 4.74 Å². The van der Waals surface area contributed by atoms with Crippen LogP contribution >= 0.6 is 0 Å². The molecule has 0 saturated heterocycles. The van der Waals surface area contributed by atoms with Crippen molar-refractivity contribution in [2.75, 3.05) is 13.4 Å². The summed E-state index contributed by atoms with van der Waals surface area (Å²) < 4.78 is 34.2. The Balaban J connectivity index is 2.23. The fraction of sp³-hybridized carbons (Fsp3) is 0.500. The topological polar surface area (TPSA) is 88.1 Å². The number of ketones is 1. The van der Waals surface area contributed by atoms with Crippen molar-refractivity contribution in [2.45, 2.75) is 39.7 Å². The molecule has 1 atom stereocenters. The van der Waals surface area contributed by atoms with Gasteiger partial charge in [0, 0.05) is 6.92 Å². The molecule has 1 heterocycles. The summed E-state index contributed by atoms with van der Waals surface area (Å²) in [6.45, 7) is 5.49. The van der Waals surface area contributed by atoms with Crippen LogP contribution in [0.25, 0.3) is 0 Å². The van der Waals surface area contributed by atoms with Gasteiger partial charge in [0.05, 0.1) is 0 Å². The molecule has 0 unspecified atom stereocenters. The summed E-state index contributed by atoms with van der Waals surface area (Å²) in [6.07, 6.45) is -0.122. The van der Waals surface area contributed by atoms with Gasteiger partial charge in [-0.2, -0.15) is 0 Å². The SMILES string of the molecule is CC(=O)OCC(=O)[C@H](Cc1cc(F)c2c(c1)OCO2)C(=O)OC(C)(C)C. The predicted octanol–water partition coefficient (Wildman–Crippen LogP) is 2.19. The summed E-state index contributed by atoms with van der Waals surface area (Å²) in [5.41, 5.74) is -0.448. The highest BCUT2D eigenvalue weighted by atomic mass is 19.1. The van der Waals surface area contributed by atoms with Crippen molar-refractivity contribution >= 4 is 17.7 Å². The number of hydrogen-bond acceptors (Lipinski definition) is 7. The molecule has 1 aliphatic heterocycles. The first-order valence-corrected chi connectivity index (χ1v) is 8.04. The molecule has 1 aromatic carbocycles. The first kappa shape index (κ1) is 19.7. The highest BCUT2D eigenvalue weighted by Crippen LogP contribution is 2.36. The largest absolute Gasteiger partial charge is 0.459 e. The van der Waals surface area contributed by atoms with Crippen molar-refractivity contribution in [1.29, 1.82) is 0 Å². The molecule has 1 aromatic rings. The van der Waals surface area contributed by atoms with Crippen molar-refractivity contribution in [2.24, 2.45) is 5.92 Å². The molecule has 0 N–H and O–H groups in total. The van der Waals surface area contributed by atoms with Crippen molar-refractivity contribution in [3.05, 3.63) is 23.5 Å². The van der Waals surface area contributed by atoms with Gasteiger partial charge in [0.2, 0.25) is 12.5 Å². The molecular weight excluding hydrogens is 347 g/mol. The molecule has 26 heavy (non-hydrogen) atoms. The van der Waals surface area contributed by atoms with Crippen LogP contribution in [0, 0.1) is 11.7 Å². The van der Waals surface area contributed by atoms with E-state index in [1.807, 2.05) is 0 Å². The Morgan fingerprint density at radius 3 is 2.54 bits per heavy atom. The van der Waals surface area contributed by atoms with Crippen molar-refractivity contribution in [1.82, 2.24) is 0 Å². The second-order valence-corrected chi connectivity index (χ2v) is 6.85. The minimum Gasteiger partial charge on any atom is -0.459 e. The van der Waals surface area contributed by atoms with Crippen LogP contribution in [0.15, 0.2) is 12.1 Å². The standard InChI is InChI=1S/C18H21FO7/c1-10(20)23-8-14(21)12(17(22)26-18(2,3)4)5-11-6-13(19)16-15(7-11)24-9-25-16/h6-7,12H,5,8-9H2,1-4H3/t12-/m0/s1. The molecule has 0 saturated carbocycles. The van der Waals surface area contributed by atoms with E-state index in [1.165, 1.54) is 12.1 Å². The Bertz CT molecular complexity index is 721. The minimum absolute atomic E-state index is 0.00573. The van der Waals surface area contributed by atoms with E-state index in [1.54, 1.807) is 20.8 Å². The third-order valence-corrected chi connectivity index (χ3v) is 3.42. The number of Topliss-reactive ketones (excluding diaryl/α,β-unsaturated/α-hetero) is 1. The van der Waals surface area contributed by atoms with Gasteiger partial charge in [-0.3, -0.25) is 14.4 Å². The maximum Gasteiger partial charge on any atom is 0.317 e. The molecule has 0 radical (unpaired) electrons. The van der Waals surface area contributed by atoms with E-state index in [9.17, 15) is 18.8 Å². The molecule has 7 nitrogen and oxygen atoms in total. The number of rotatable bonds is 6. The zero-order valence-corrected chi connectivity index (χ0v) is 15.1. The Kier molecular flexibility index (Phi) is 5.84. The summed E-state index contributed by atoms with van der Waals surface area (Å²) in [5.74, 6) is -3.74. The van der Waals surface area contributed by atoms with Crippen LogP contribution in [0.3, 0.4) is 0 Å². The molecule has 8 heteroatoms. The van der Waals surface area contributed by atoms with Crippen LogP contribution in [-0.2, 0) is 30.3 Å². The van der Waals surface area contributed by atoms with Crippen LogP contribution in [0.1, 0.15) is 33.3 Å². The van der Waals surface area contributed by atoms with E-state index >= 15 is 0 Å². The molecule has 0 amide bonds. The van der Waals surface area contributed by atoms with Gasteiger partial charge >= 0.3 is 11.9 Å². The van der Waals surface area contributed by atoms with Gasteiger partial charge in [-0.1, -0.05) is 0 Å². The van der Waals surface area contributed by atoms with Gasteiger partial charge < -0.3 is 18.9 Å². The minimum atomic E-state index is -1.24. The van der Waals surface area contributed by atoms with Crippen LogP contribution < -0.4 is 9.47 Å². The van der Waals surface area contributed by atoms with Crippen molar-refractivity contribution in [3.63, 3.8) is 0 Å². The maximum atomic E-state index is 14.1. The van der Waals surface area contributed by atoms with E-state index in [0.717, 1.165) is 6.92 Å². The van der Waals surface area contributed by atoms with Crippen LogP contribution in [0.2, 0.25) is 0 Å². The lowest BCUT2D eigenvalue weighted by Gasteiger charge is -2.23. The van der Waals surface area contributed by atoms with Crippen LogP contribution in [-0.4, -0.2) is 36.7 Å². The molecule has 1 aliphatic rings. The van der Waals surface area contributed by atoms with Crippen LogP contribution in [0.4, 0.5) is 4.39 Å². The van der Waals surface area contributed by atoms with Gasteiger partial charge in [0.1, 0.15) is 11.5 Å². The number of benzene rings is 1. The number of carbonyl (C=O) groups excluding carboxylic acids is 3. The number of esters is 2. The summed E-state index contributed by atoms with van der Waals surface area (Å²) >= 11 is 0. The van der Waals surface area contributed by atoms with Crippen LogP contribution in [0.5, 0.6) is 11.5 Å². The molecule has 2 rings (SSSR count). The second kappa shape index (κ2) is 7.72. The number of halogens is 1. The van der Waals surface area contributed by atoms with Gasteiger partial charge in [0.25, 0.3) is 0 Å². The molecule has 0 aromatic heterocycles. The first-order chi connectivity index (χ1) is 12.1. The predicted molar refractivity (Wildman–Crippen MR) is 87.2 cm³/mol. The van der Waals surface area contributed by atoms with Gasteiger partial charge in [-0.05, 0) is 44.9 Å². The zero-order chi connectivity index (χ0) is 19.5. The third-order valence-electron chi connectivity index (χ3n) is 3.42. The average Bonchev–Trinajstić information content (AvgIpc) is 2.97. The molecule has 142 valence electrons. The summed E-state index contributed by atoms with van der Waals surface area (Å²) in [7, 11) is 0. The van der Waals surface area contributed by atoms with Gasteiger partial charge in [0.15, 0.2) is 24.0 Å². The monoisotopic (exact) mass is 368 g/mol. The van der Waals surface area contributed by atoms with E-state index in [0.29, 0.717) is 5.56 Å². The molecule has 0 aliphatic carbocycles. The quantitative estimate of drug-likeness (QED) is 0.562. The summed E-state index contributed by atoms with van der Waals surface area (Å²) in [4.78, 5) is 35.7. The Hall–Kier alpha value is -2.64. The Morgan fingerprint density at radius 1 is 1.23 bits per heavy atom. The fourth-order valence-electron chi connectivity index (χ4n) is 2.35. The average molecular weight is 368 g/mol. The second-order valence-electron chi connectivity index (χ2n) is 6.85. The maximum absolute atomic E-state index is 14.1. The van der Waals surface area contributed by atoms with E-state index < -0.39 is 41.7 Å².